The van der Waals surface area contributed by atoms with E-state index < -0.39 is 0 Å². The number of benzene rings is 2. The van der Waals surface area contributed by atoms with Crippen molar-refractivity contribution in [3.8, 4) is 5.75 Å². The molecule has 0 saturated heterocycles. The Balaban J connectivity index is 0.00000208. The minimum Gasteiger partial charge on any atom is -0.485 e. The van der Waals surface area contributed by atoms with E-state index in [2.05, 4.69) is 17.4 Å². The smallest absolute Gasteiger partial charge is 0.141 e. The molecule has 0 spiro atoms. The maximum Gasteiger partial charge on any atom is 0.141 e. The fourth-order valence-corrected chi connectivity index (χ4v) is 3.69. The van der Waals surface area contributed by atoms with Crippen LogP contribution in [0.3, 0.4) is 0 Å². The van der Waals surface area contributed by atoms with Crippen molar-refractivity contribution in [2.45, 2.75) is 19.4 Å². The SMILES string of the molecule is CNCC[C@H](Oc1ccc(F)c2scc(C)c12)c1ccccc1.Cl. The highest BCUT2D eigenvalue weighted by molar-refractivity contribution is 7.17. The monoisotopic (exact) mass is 365 g/mol. The number of hydrogen-bond donors (Lipinski definition) is 1. The van der Waals surface area contributed by atoms with Crippen LogP contribution in [0.15, 0.2) is 47.8 Å². The van der Waals surface area contributed by atoms with Crippen molar-refractivity contribution in [3.05, 3.63) is 64.8 Å². The molecule has 0 fully saturated rings. The van der Waals surface area contributed by atoms with Crippen molar-refractivity contribution in [2.75, 3.05) is 13.6 Å². The molecule has 0 radical (unpaired) electrons. The van der Waals surface area contributed by atoms with Crippen LogP contribution < -0.4 is 10.1 Å². The van der Waals surface area contributed by atoms with Crippen molar-refractivity contribution in [3.63, 3.8) is 0 Å². The summed E-state index contributed by atoms with van der Waals surface area (Å²) in [7, 11) is 1.93. The van der Waals surface area contributed by atoms with Gasteiger partial charge in [-0.1, -0.05) is 30.3 Å². The Morgan fingerprint density at radius 2 is 1.92 bits per heavy atom. The van der Waals surface area contributed by atoms with Gasteiger partial charge in [0.05, 0.1) is 4.70 Å². The number of ether oxygens (including phenoxy) is 1. The van der Waals surface area contributed by atoms with Gasteiger partial charge in [0.2, 0.25) is 0 Å². The quantitative estimate of drug-likeness (QED) is 0.622. The van der Waals surface area contributed by atoms with E-state index in [0.29, 0.717) is 4.70 Å². The molecule has 128 valence electrons. The van der Waals surface area contributed by atoms with E-state index in [4.69, 9.17) is 4.74 Å². The molecule has 1 atom stereocenters. The van der Waals surface area contributed by atoms with Crippen LogP contribution in [-0.2, 0) is 0 Å². The summed E-state index contributed by atoms with van der Waals surface area (Å²) >= 11 is 1.43. The summed E-state index contributed by atoms with van der Waals surface area (Å²) in [5, 5.41) is 6.04. The van der Waals surface area contributed by atoms with Crippen LogP contribution in [0.25, 0.3) is 10.1 Å². The van der Waals surface area contributed by atoms with Crippen LogP contribution >= 0.6 is 23.7 Å². The Morgan fingerprint density at radius 3 is 2.62 bits per heavy atom. The van der Waals surface area contributed by atoms with E-state index in [9.17, 15) is 4.39 Å². The van der Waals surface area contributed by atoms with E-state index in [1.807, 2.05) is 37.6 Å². The van der Waals surface area contributed by atoms with Gasteiger partial charge in [0, 0.05) is 11.8 Å². The Bertz CT molecular complexity index is 791. The summed E-state index contributed by atoms with van der Waals surface area (Å²) in [6.07, 6.45) is 0.791. The molecule has 0 aliphatic rings. The molecule has 0 saturated carbocycles. The fraction of sp³-hybridized carbons (Fsp3) is 0.263. The lowest BCUT2D eigenvalue weighted by atomic mass is 10.1. The molecule has 2 nitrogen and oxygen atoms in total. The van der Waals surface area contributed by atoms with Crippen LogP contribution in [-0.4, -0.2) is 13.6 Å². The van der Waals surface area contributed by atoms with Gasteiger partial charge in [0.1, 0.15) is 17.7 Å². The molecule has 1 heterocycles. The van der Waals surface area contributed by atoms with Gasteiger partial charge in [-0.15, -0.1) is 23.7 Å². The van der Waals surface area contributed by atoms with Gasteiger partial charge in [-0.3, -0.25) is 0 Å². The van der Waals surface area contributed by atoms with E-state index in [1.54, 1.807) is 6.07 Å². The van der Waals surface area contributed by atoms with Gasteiger partial charge in [-0.2, -0.15) is 0 Å². The zero-order chi connectivity index (χ0) is 16.2. The van der Waals surface area contributed by atoms with E-state index in [1.165, 1.54) is 17.4 Å². The van der Waals surface area contributed by atoms with Gasteiger partial charge in [0.25, 0.3) is 0 Å². The lowest BCUT2D eigenvalue weighted by Crippen LogP contribution is -2.16. The molecule has 0 unspecified atom stereocenters. The Kier molecular flexibility index (Phi) is 6.60. The highest BCUT2D eigenvalue weighted by atomic mass is 35.5. The van der Waals surface area contributed by atoms with Crippen LogP contribution in [0.1, 0.15) is 23.7 Å². The molecule has 2 aromatic carbocycles. The fourth-order valence-electron chi connectivity index (χ4n) is 2.72. The topological polar surface area (TPSA) is 21.3 Å². The van der Waals surface area contributed by atoms with Crippen molar-refractivity contribution in [1.82, 2.24) is 5.32 Å². The Morgan fingerprint density at radius 1 is 1.17 bits per heavy atom. The zero-order valence-corrected chi connectivity index (χ0v) is 15.3. The summed E-state index contributed by atoms with van der Waals surface area (Å²) in [4.78, 5) is 0. The first kappa shape index (κ1) is 18.7. The lowest BCUT2D eigenvalue weighted by molar-refractivity contribution is 0.197. The number of nitrogens with one attached hydrogen (secondary N) is 1. The second-order valence-electron chi connectivity index (χ2n) is 5.58. The third kappa shape index (κ3) is 3.89. The molecular formula is C19H21ClFNOS. The standard InChI is InChI=1S/C19H20FNOS.ClH/c1-13-12-23-19-15(20)8-9-17(18(13)19)22-16(10-11-21-2)14-6-4-3-5-7-14;/h3-9,12,16,21H,10-11H2,1-2H3;1H/t16-;/m0./s1. The Labute approximate surface area is 152 Å². The lowest BCUT2D eigenvalue weighted by Gasteiger charge is -2.20. The molecule has 5 heteroatoms. The maximum atomic E-state index is 14.0. The van der Waals surface area contributed by atoms with Gasteiger partial charge in [-0.25, -0.2) is 4.39 Å². The molecule has 0 aliphatic heterocycles. The van der Waals surface area contributed by atoms with Crippen molar-refractivity contribution in [2.24, 2.45) is 0 Å². The molecule has 0 aliphatic carbocycles. The largest absolute Gasteiger partial charge is 0.485 e. The average molecular weight is 366 g/mol. The van der Waals surface area contributed by atoms with Crippen molar-refractivity contribution in [1.29, 1.82) is 0 Å². The van der Waals surface area contributed by atoms with Crippen molar-refractivity contribution < 1.29 is 9.13 Å². The number of aryl methyl sites for hydroxylation is 1. The second-order valence-corrected chi connectivity index (χ2v) is 6.46. The number of hydrogen-bond acceptors (Lipinski definition) is 3. The first-order valence-electron chi connectivity index (χ1n) is 7.73. The highest BCUT2D eigenvalue weighted by Crippen LogP contribution is 2.37. The first-order valence-corrected chi connectivity index (χ1v) is 8.61. The third-order valence-electron chi connectivity index (χ3n) is 3.92. The molecule has 1 aromatic heterocycles. The van der Waals surface area contributed by atoms with Crippen LogP contribution in [0, 0.1) is 12.7 Å². The summed E-state index contributed by atoms with van der Waals surface area (Å²) < 4.78 is 21.0. The summed E-state index contributed by atoms with van der Waals surface area (Å²) in [6.45, 7) is 2.85. The highest BCUT2D eigenvalue weighted by Gasteiger charge is 2.17. The second kappa shape index (κ2) is 8.47. The van der Waals surface area contributed by atoms with Gasteiger partial charge >= 0.3 is 0 Å². The third-order valence-corrected chi connectivity index (χ3v) is 5.02. The van der Waals surface area contributed by atoms with Crippen LogP contribution in [0.2, 0.25) is 0 Å². The number of halogens is 2. The Hall–Kier alpha value is -1.62. The molecular weight excluding hydrogens is 345 g/mol. The first-order chi connectivity index (χ1) is 11.2. The summed E-state index contributed by atoms with van der Waals surface area (Å²) in [5.41, 5.74) is 2.19. The predicted octanol–water partition coefficient (Wildman–Crippen LogP) is 5.50. The maximum absolute atomic E-state index is 14.0. The van der Waals surface area contributed by atoms with Gasteiger partial charge < -0.3 is 10.1 Å². The predicted molar refractivity (Wildman–Crippen MR) is 102 cm³/mol. The summed E-state index contributed by atoms with van der Waals surface area (Å²) in [5.74, 6) is 0.571. The molecule has 3 aromatic rings. The molecule has 1 N–H and O–H groups in total. The van der Waals surface area contributed by atoms with Gasteiger partial charge in [-0.05, 0) is 49.2 Å². The zero-order valence-electron chi connectivity index (χ0n) is 13.7. The number of thiophene rings is 1. The van der Waals surface area contributed by atoms with Crippen LogP contribution in [0.4, 0.5) is 4.39 Å². The molecule has 0 amide bonds. The molecule has 0 bridgehead atoms. The number of rotatable bonds is 6. The van der Waals surface area contributed by atoms with E-state index >= 15 is 0 Å². The van der Waals surface area contributed by atoms with E-state index in [0.717, 1.165) is 35.2 Å². The van der Waals surface area contributed by atoms with Crippen molar-refractivity contribution >= 4 is 33.8 Å². The molecule has 24 heavy (non-hydrogen) atoms. The minimum absolute atomic E-state index is 0. The van der Waals surface area contributed by atoms with E-state index in [-0.39, 0.29) is 24.3 Å². The molecule has 3 rings (SSSR count). The average Bonchev–Trinajstić information content (AvgIpc) is 2.97. The normalized spacial score (nSPS) is 12.0. The van der Waals surface area contributed by atoms with Gasteiger partial charge in [0.15, 0.2) is 0 Å². The minimum atomic E-state index is -0.183. The summed E-state index contributed by atoms with van der Waals surface area (Å²) in [6, 6.07) is 13.4. The van der Waals surface area contributed by atoms with Crippen LogP contribution in [0.5, 0.6) is 5.75 Å². The number of fused-ring (bicyclic) bond motifs is 1.